The van der Waals surface area contributed by atoms with E-state index in [2.05, 4.69) is 25.4 Å². The standard InChI is InChI=1S/C25H27N5O4S/c1-13(2)19(24-29-21(30-34-24)15-8-5-4-6-9-15)28-23(32)20-14(3)18-22(31)26-17(27-25(18)35-20)12-16-10-7-11-33-16/h4-6,8-9,13,16,19H,7,10-12H2,1-3H3,(H,28,32)(H,26,27,31)/t16-,19+/m0/s1. The van der Waals surface area contributed by atoms with Gasteiger partial charge < -0.3 is 19.6 Å². The number of carbonyl (C=O) groups is 1. The highest BCUT2D eigenvalue weighted by Crippen LogP contribution is 2.29. The largest absolute Gasteiger partial charge is 0.378 e. The number of aryl methyl sites for hydroxylation is 1. The van der Waals surface area contributed by atoms with Crippen molar-refractivity contribution in [2.24, 2.45) is 5.92 Å². The Morgan fingerprint density at radius 2 is 2.06 bits per heavy atom. The Balaban J connectivity index is 1.40. The van der Waals surface area contributed by atoms with Crippen LogP contribution < -0.4 is 10.9 Å². The number of nitrogens with zero attached hydrogens (tertiary/aromatic N) is 3. The fourth-order valence-electron chi connectivity index (χ4n) is 4.31. The average Bonchev–Trinajstić information content (AvgIpc) is 3.59. The first-order valence-electron chi connectivity index (χ1n) is 11.7. The molecule has 1 fully saturated rings. The number of amides is 1. The van der Waals surface area contributed by atoms with Crippen molar-refractivity contribution in [2.45, 2.75) is 52.2 Å². The van der Waals surface area contributed by atoms with Crippen molar-refractivity contribution in [3.63, 3.8) is 0 Å². The van der Waals surface area contributed by atoms with E-state index in [1.165, 1.54) is 11.3 Å². The minimum absolute atomic E-state index is 0.00255. The molecular formula is C25H27N5O4S. The van der Waals surface area contributed by atoms with Gasteiger partial charge in [0, 0.05) is 18.6 Å². The van der Waals surface area contributed by atoms with Crippen LogP contribution in [0.1, 0.15) is 59.7 Å². The SMILES string of the molecule is Cc1c(C(=O)N[C@@H](c2nc(-c3ccccc3)no2)C(C)C)sc2nc(C[C@@H]3CCCO3)[nH]c(=O)c12. The summed E-state index contributed by atoms with van der Waals surface area (Å²) in [7, 11) is 0. The molecule has 1 aliphatic rings. The number of hydrogen-bond donors (Lipinski definition) is 2. The maximum Gasteiger partial charge on any atom is 0.262 e. The lowest BCUT2D eigenvalue weighted by Gasteiger charge is -2.18. The first-order valence-corrected chi connectivity index (χ1v) is 12.6. The van der Waals surface area contributed by atoms with Crippen molar-refractivity contribution in [3.8, 4) is 11.4 Å². The summed E-state index contributed by atoms with van der Waals surface area (Å²) in [4.78, 5) is 39.2. The van der Waals surface area contributed by atoms with Gasteiger partial charge in [-0.1, -0.05) is 49.3 Å². The number of benzene rings is 1. The van der Waals surface area contributed by atoms with E-state index in [-0.39, 0.29) is 23.5 Å². The Morgan fingerprint density at radius 3 is 2.77 bits per heavy atom. The normalized spacial score (nSPS) is 16.7. The Bertz CT molecular complexity index is 1400. The third-order valence-corrected chi connectivity index (χ3v) is 7.38. The van der Waals surface area contributed by atoms with Crippen LogP contribution in [0.2, 0.25) is 0 Å². The van der Waals surface area contributed by atoms with Gasteiger partial charge in [-0.3, -0.25) is 9.59 Å². The molecule has 4 heterocycles. The number of H-pyrrole nitrogens is 1. The van der Waals surface area contributed by atoms with Gasteiger partial charge in [-0.05, 0) is 31.2 Å². The van der Waals surface area contributed by atoms with Gasteiger partial charge in [0.05, 0.1) is 16.4 Å². The molecule has 0 saturated carbocycles. The molecule has 35 heavy (non-hydrogen) atoms. The van der Waals surface area contributed by atoms with E-state index < -0.39 is 6.04 Å². The van der Waals surface area contributed by atoms with Crippen molar-refractivity contribution < 1.29 is 14.1 Å². The molecule has 9 nitrogen and oxygen atoms in total. The molecule has 1 saturated heterocycles. The van der Waals surface area contributed by atoms with Crippen LogP contribution in [0.25, 0.3) is 21.6 Å². The van der Waals surface area contributed by atoms with E-state index in [1.807, 2.05) is 44.2 Å². The highest BCUT2D eigenvalue weighted by atomic mass is 32.1. The highest BCUT2D eigenvalue weighted by molar-refractivity contribution is 7.20. The third-order valence-electron chi connectivity index (χ3n) is 6.19. The predicted molar refractivity (Wildman–Crippen MR) is 132 cm³/mol. The van der Waals surface area contributed by atoms with E-state index in [0.717, 1.165) is 25.0 Å². The minimum Gasteiger partial charge on any atom is -0.378 e. The number of fused-ring (bicyclic) bond motifs is 1. The molecule has 10 heteroatoms. The summed E-state index contributed by atoms with van der Waals surface area (Å²) in [5.41, 5.74) is 1.21. The first kappa shape index (κ1) is 23.4. The molecule has 0 radical (unpaired) electrons. The minimum atomic E-state index is -0.488. The van der Waals surface area contributed by atoms with Gasteiger partial charge in [-0.2, -0.15) is 4.98 Å². The number of aromatic nitrogens is 4. The summed E-state index contributed by atoms with van der Waals surface area (Å²) in [6.07, 6.45) is 2.60. The summed E-state index contributed by atoms with van der Waals surface area (Å²) in [5, 5.41) is 7.55. The van der Waals surface area contributed by atoms with Crippen LogP contribution in [0.5, 0.6) is 0 Å². The predicted octanol–water partition coefficient (Wildman–Crippen LogP) is 4.19. The quantitative estimate of drug-likeness (QED) is 0.396. The Kier molecular flexibility index (Phi) is 6.48. The molecule has 0 bridgehead atoms. The number of hydrogen-bond acceptors (Lipinski definition) is 8. The molecule has 4 aromatic rings. The zero-order valence-corrected chi connectivity index (χ0v) is 20.6. The lowest BCUT2D eigenvalue weighted by molar-refractivity contribution is 0.0917. The fourth-order valence-corrected chi connectivity index (χ4v) is 5.41. The maximum absolute atomic E-state index is 13.3. The number of ether oxygens (including phenoxy) is 1. The monoisotopic (exact) mass is 493 g/mol. The van der Waals surface area contributed by atoms with Crippen LogP contribution in [0.4, 0.5) is 0 Å². The van der Waals surface area contributed by atoms with Crippen LogP contribution in [-0.2, 0) is 11.2 Å². The smallest absolute Gasteiger partial charge is 0.262 e. The summed E-state index contributed by atoms with van der Waals surface area (Å²) < 4.78 is 11.2. The molecule has 1 amide bonds. The van der Waals surface area contributed by atoms with Crippen LogP contribution in [0.15, 0.2) is 39.6 Å². The van der Waals surface area contributed by atoms with Gasteiger partial charge in [0.2, 0.25) is 11.7 Å². The molecule has 182 valence electrons. The molecule has 1 aliphatic heterocycles. The van der Waals surface area contributed by atoms with Crippen LogP contribution in [0.3, 0.4) is 0 Å². The van der Waals surface area contributed by atoms with Crippen LogP contribution in [-0.4, -0.2) is 38.7 Å². The van der Waals surface area contributed by atoms with Crippen molar-refractivity contribution >= 4 is 27.5 Å². The van der Waals surface area contributed by atoms with Gasteiger partial charge in [0.25, 0.3) is 11.5 Å². The second-order valence-electron chi connectivity index (χ2n) is 9.11. The van der Waals surface area contributed by atoms with Crippen molar-refractivity contribution in [1.82, 2.24) is 25.4 Å². The zero-order valence-electron chi connectivity index (χ0n) is 19.8. The van der Waals surface area contributed by atoms with Crippen LogP contribution in [0, 0.1) is 12.8 Å². The molecule has 2 atom stereocenters. The van der Waals surface area contributed by atoms with E-state index in [9.17, 15) is 9.59 Å². The number of rotatable bonds is 7. The van der Waals surface area contributed by atoms with Gasteiger partial charge in [0.15, 0.2) is 0 Å². The van der Waals surface area contributed by atoms with E-state index in [0.29, 0.717) is 44.6 Å². The lowest BCUT2D eigenvalue weighted by Crippen LogP contribution is -2.32. The average molecular weight is 494 g/mol. The van der Waals surface area contributed by atoms with Crippen LogP contribution >= 0.6 is 11.3 Å². The Labute approximate surface area is 205 Å². The highest BCUT2D eigenvalue weighted by Gasteiger charge is 2.28. The Morgan fingerprint density at radius 1 is 1.26 bits per heavy atom. The van der Waals surface area contributed by atoms with Gasteiger partial charge in [-0.25, -0.2) is 4.98 Å². The second-order valence-corrected chi connectivity index (χ2v) is 10.1. The molecule has 3 aromatic heterocycles. The third kappa shape index (κ3) is 4.76. The maximum atomic E-state index is 13.3. The summed E-state index contributed by atoms with van der Waals surface area (Å²) in [5.74, 6) is 1.08. The van der Waals surface area contributed by atoms with E-state index in [4.69, 9.17) is 9.26 Å². The molecule has 2 N–H and O–H groups in total. The van der Waals surface area contributed by atoms with Gasteiger partial charge >= 0.3 is 0 Å². The number of thiophene rings is 1. The van der Waals surface area contributed by atoms with Gasteiger partial charge in [0.1, 0.15) is 16.7 Å². The fraction of sp³-hybridized carbons (Fsp3) is 0.400. The molecule has 1 aromatic carbocycles. The summed E-state index contributed by atoms with van der Waals surface area (Å²) >= 11 is 1.22. The van der Waals surface area contributed by atoms with Gasteiger partial charge in [-0.15, -0.1) is 11.3 Å². The first-order chi connectivity index (χ1) is 16.9. The van der Waals surface area contributed by atoms with Crippen molar-refractivity contribution in [1.29, 1.82) is 0 Å². The molecular weight excluding hydrogens is 466 g/mol. The number of aromatic amines is 1. The van der Waals surface area contributed by atoms with Crippen molar-refractivity contribution in [2.75, 3.05) is 6.61 Å². The Hall–Kier alpha value is -3.37. The number of carbonyl (C=O) groups excluding carboxylic acids is 1. The lowest BCUT2D eigenvalue weighted by atomic mass is 10.0. The summed E-state index contributed by atoms with van der Waals surface area (Å²) in [6.45, 7) is 6.45. The topological polar surface area (TPSA) is 123 Å². The molecule has 5 rings (SSSR count). The molecule has 0 aliphatic carbocycles. The number of nitrogens with one attached hydrogen (secondary N) is 2. The van der Waals surface area contributed by atoms with Crippen molar-refractivity contribution in [3.05, 3.63) is 62.8 Å². The van der Waals surface area contributed by atoms with E-state index >= 15 is 0 Å². The summed E-state index contributed by atoms with van der Waals surface area (Å²) in [6, 6.07) is 9.03. The molecule has 0 unspecified atom stereocenters. The second kappa shape index (κ2) is 9.71. The zero-order chi connectivity index (χ0) is 24.5. The van der Waals surface area contributed by atoms with E-state index in [1.54, 1.807) is 6.92 Å². The molecule has 0 spiro atoms.